The third-order valence-electron chi connectivity index (χ3n) is 6.03. The van der Waals surface area contributed by atoms with E-state index in [-0.39, 0.29) is 12.2 Å². The van der Waals surface area contributed by atoms with Crippen molar-refractivity contribution in [2.45, 2.75) is 58.3 Å². The number of hydrogen-bond acceptors (Lipinski definition) is 5. The van der Waals surface area contributed by atoms with E-state index >= 15 is 0 Å². The predicted molar refractivity (Wildman–Crippen MR) is 128 cm³/mol. The van der Waals surface area contributed by atoms with Crippen LogP contribution < -0.4 is 10.5 Å². The van der Waals surface area contributed by atoms with Gasteiger partial charge in [0.05, 0.1) is 37.6 Å². The van der Waals surface area contributed by atoms with E-state index in [0.717, 1.165) is 47.2 Å². The molecule has 1 aliphatic rings. The summed E-state index contributed by atoms with van der Waals surface area (Å²) in [5.41, 5.74) is 13.2. The molecule has 0 aliphatic carbocycles. The van der Waals surface area contributed by atoms with Crippen LogP contribution in [0.1, 0.15) is 45.6 Å². The van der Waals surface area contributed by atoms with Crippen LogP contribution in [0, 0.1) is 25.2 Å². The number of benzene rings is 2. The van der Waals surface area contributed by atoms with Crippen LogP contribution in [0.25, 0.3) is 0 Å². The first-order valence-corrected chi connectivity index (χ1v) is 14.6. The van der Waals surface area contributed by atoms with Crippen molar-refractivity contribution in [3.8, 4) is 11.8 Å². The molecule has 0 spiro atoms. The fourth-order valence-electron chi connectivity index (χ4n) is 4.31. The third kappa shape index (κ3) is 5.36. The number of hydrogen-bond donors (Lipinski definition) is 1. The molecule has 2 N–H and O–H groups in total. The fraction of sp³-hybridized carbons (Fsp3) is 0.480. The number of ether oxygens (including phenoxy) is 2. The third-order valence-corrected chi connectivity index (χ3v) is 7.73. The van der Waals surface area contributed by atoms with Crippen LogP contribution in [0.4, 0.5) is 0 Å². The molecule has 0 saturated heterocycles. The number of nitriles is 1. The van der Waals surface area contributed by atoms with Gasteiger partial charge in [0.25, 0.3) is 0 Å². The number of nitrogens with zero attached hydrogens (tertiary/aromatic N) is 2. The molecule has 2 unspecified atom stereocenters. The summed E-state index contributed by atoms with van der Waals surface area (Å²) >= 11 is 0. The van der Waals surface area contributed by atoms with E-state index in [1.54, 1.807) is 7.11 Å². The van der Waals surface area contributed by atoms with Gasteiger partial charge in [-0.05, 0) is 60.3 Å². The molecule has 6 heteroatoms. The van der Waals surface area contributed by atoms with Crippen molar-refractivity contribution >= 4 is 8.07 Å². The molecule has 2 aromatic rings. The Labute approximate surface area is 187 Å². The SMILES string of the molecule is COc1cc(C)cc(C)c1C(N)N1Cc2ccc(C#N)cc2C1COCC[Si](C)(C)C. The van der Waals surface area contributed by atoms with E-state index in [4.69, 9.17) is 15.2 Å². The van der Waals surface area contributed by atoms with Crippen molar-refractivity contribution in [2.24, 2.45) is 5.73 Å². The van der Waals surface area contributed by atoms with E-state index in [1.807, 2.05) is 18.2 Å². The average molecular weight is 438 g/mol. The highest BCUT2D eigenvalue weighted by Gasteiger charge is 2.36. The number of methoxy groups -OCH3 is 1. The number of rotatable bonds is 8. The summed E-state index contributed by atoms with van der Waals surface area (Å²) in [7, 11) is 0.534. The van der Waals surface area contributed by atoms with Crippen molar-refractivity contribution in [1.29, 1.82) is 5.26 Å². The number of fused-ring (bicyclic) bond motifs is 1. The molecule has 166 valence electrons. The van der Waals surface area contributed by atoms with Crippen LogP contribution in [0.5, 0.6) is 5.75 Å². The summed E-state index contributed by atoms with van der Waals surface area (Å²) in [5.74, 6) is 0.817. The zero-order valence-electron chi connectivity index (χ0n) is 19.7. The van der Waals surface area contributed by atoms with Gasteiger partial charge in [-0.1, -0.05) is 31.8 Å². The summed E-state index contributed by atoms with van der Waals surface area (Å²) in [5, 5.41) is 9.41. The Morgan fingerprint density at radius 2 is 1.97 bits per heavy atom. The molecule has 2 aromatic carbocycles. The molecule has 31 heavy (non-hydrogen) atoms. The zero-order valence-corrected chi connectivity index (χ0v) is 20.7. The van der Waals surface area contributed by atoms with E-state index in [1.165, 1.54) is 5.56 Å². The molecule has 2 atom stereocenters. The maximum absolute atomic E-state index is 9.41. The first kappa shape index (κ1) is 23.5. The number of aryl methyl sites for hydroxylation is 2. The molecule has 3 rings (SSSR count). The van der Waals surface area contributed by atoms with Crippen LogP contribution >= 0.6 is 0 Å². The lowest BCUT2D eigenvalue weighted by Crippen LogP contribution is -2.36. The van der Waals surface area contributed by atoms with Gasteiger partial charge in [0.1, 0.15) is 5.75 Å². The molecule has 0 radical (unpaired) electrons. The summed E-state index contributed by atoms with van der Waals surface area (Å²) in [4.78, 5) is 2.28. The highest BCUT2D eigenvalue weighted by molar-refractivity contribution is 6.76. The zero-order chi connectivity index (χ0) is 22.8. The predicted octanol–water partition coefficient (Wildman–Crippen LogP) is 5.05. The molecule has 0 amide bonds. The highest BCUT2D eigenvalue weighted by atomic mass is 28.3. The summed E-state index contributed by atoms with van der Waals surface area (Å²) < 4.78 is 11.9. The largest absolute Gasteiger partial charge is 0.496 e. The molecular weight excluding hydrogens is 402 g/mol. The normalized spacial score (nSPS) is 17.3. The van der Waals surface area contributed by atoms with E-state index in [2.05, 4.69) is 56.6 Å². The van der Waals surface area contributed by atoms with Crippen LogP contribution in [-0.4, -0.2) is 33.3 Å². The van der Waals surface area contributed by atoms with Gasteiger partial charge in [-0.15, -0.1) is 0 Å². The average Bonchev–Trinajstić information content (AvgIpc) is 3.07. The van der Waals surface area contributed by atoms with Crippen molar-refractivity contribution in [3.63, 3.8) is 0 Å². The minimum absolute atomic E-state index is 0.00495. The molecule has 0 saturated carbocycles. The Bertz CT molecular complexity index is 978. The second kappa shape index (κ2) is 9.54. The molecule has 0 bridgehead atoms. The summed E-state index contributed by atoms with van der Waals surface area (Å²) in [6, 6.07) is 13.5. The van der Waals surface area contributed by atoms with Gasteiger partial charge in [0, 0.05) is 26.8 Å². The van der Waals surface area contributed by atoms with Crippen LogP contribution in [0.3, 0.4) is 0 Å². The van der Waals surface area contributed by atoms with Gasteiger partial charge >= 0.3 is 0 Å². The topological polar surface area (TPSA) is 71.5 Å². The molecule has 1 heterocycles. The Hall–Kier alpha value is -2.17. The molecule has 1 aliphatic heterocycles. The maximum atomic E-state index is 9.41. The minimum atomic E-state index is -1.16. The standard InChI is InChI=1S/C25H35N3O2Si/c1-17-11-18(2)24(23(12-17)29-3)25(27)28-15-20-8-7-19(14-26)13-21(20)22(28)16-30-9-10-31(4,5)6/h7-8,11-13,22,25H,9-10,15-16,27H2,1-6H3. The molecular formula is C25H35N3O2Si. The molecule has 0 fully saturated rings. The van der Waals surface area contributed by atoms with E-state index in [9.17, 15) is 5.26 Å². The van der Waals surface area contributed by atoms with Gasteiger partial charge < -0.3 is 15.2 Å². The quantitative estimate of drug-likeness (QED) is 0.462. The van der Waals surface area contributed by atoms with E-state index < -0.39 is 8.07 Å². The lowest BCUT2D eigenvalue weighted by molar-refractivity contribution is 0.0488. The van der Waals surface area contributed by atoms with E-state index in [0.29, 0.717) is 12.2 Å². The van der Waals surface area contributed by atoms with Crippen LogP contribution in [0.15, 0.2) is 30.3 Å². The Balaban J connectivity index is 1.92. The Morgan fingerprint density at radius 3 is 2.61 bits per heavy atom. The van der Waals surface area contributed by atoms with Gasteiger partial charge in [-0.3, -0.25) is 4.90 Å². The minimum Gasteiger partial charge on any atom is -0.496 e. The Morgan fingerprint density at radius 1 is 1.23 bits per heavy atom. The van der Waals surface area contributed by atoms with Crippen molar-refractivity contribution in [2.75, 3.05) is 20.3 Å². The Kier molecular flexibility index (Phi) is 7.23. The highest BCUT2D eigenvalue weighted by Crippen LogP contribution is 2.41. The monoisotopic (exact) mass is 437 g/mol. The first-order chi connectivity index (χ1) is 14.6. The smallest absolute Gasteiger partial charge is 0.125 e. The van der Waals surface area contributed by atoms with Crippen molar-refractivity contribution < 1.29 is 9.47 Å². The fourth-order valence-corrected chi connectivity index (χ4v) is 5.07. The summed E-state index contributed by atoms with van der Waals surface area (Å²) in [6.45, 7) is 13.3. The van der Waals surface area contributed by atoms with Crippen LogP contribution in [-0.2, 0) is 11.3 Å². The molecule has 5 nitrogen and oxygen atoms in total. The number of nitrogens with two attached hydrogens (primary N) is 1. The van der Waals surface area contributed by atoms with Gasteiger partial charge in [0.15, 0.2) is 0 Å². The molecule has 0 aromatic heterocycles. The van der Waals surface area contributed by atoms with Crippen LogP contribution in [0.2, 0.25) is 25.7 Å². The van der Waals surface area contributed by atoms with Gasteiger partial charge in [0.2, 0.25) is 0 Å². The lowest BCUT2D eigenvalue weighted by atomic mass is 10.00. The van der Waals surface area contributed by atoms with Crippen molar-refractivity contribution in [1.82, 2.24) is 4.90 Å². The van der Waals surface area contributed by atoms with Gasteiger partial charge in [-0.25, -0.2) is 0 Å². The van der Waals surface area contributed by atoms with Gasteiger partial charge in [-0.2, -0.15) is 5.26 Å². The first-order valence-electron chi connectivity index (χ1n) is 10.9. The van der Waals surface area contributed by atoms with Crippen molar-refractivity contribution in [3.05, 3.63) is 63.7 Å². The second-order valence-electron chi connectivity index (χ2n) is 9.74. The summed E-state index contributed by atoms with van der Waals surface area (Å²) in [6.07, 6.45) is -0.334. The lowest BCUT2D eigenvalue weighted by Gasteiger charge is -2.33. The second-order valence-corrected chi connectivity index (χ2v) is 15.4. The maximum Gasteiger partial charge on any atom is 0.125 e.